The first-order valence-electron chi connectivity index (χ1n) is 3.75. The van der Waals surface area contributed by atoms with Gasteiger partial charge in [-0.25, -0.2) is 0 Å². The number of rotatable bonds is 1. The fourth-order valence-electron chi connectivity index (χ4n) is 1.34. The van der Waals surface area contributed by atoms with Crippen molar-refractivity contribution in [3.63, 3.8) is 0 Å². The Hall–Kier alpha value is -1.29. The van der Waals surface area contributed by atoms with Crippen LogP contribution in [0.25, 0.3) is 10.9 Å². The Labute approximate surface area is 83.1 Å². The number of carbonyl (C=O) groups is 1. The molecular weight excluding hydrogens is 232 g/mol. The number of aromatic nitrogens is 1. The van der Waals surface area contributed by atoms with Gasteiger partial charge in [-0.3, -0.25) is 4.79 Å². The molecule has 1 heterocycles. The molecule has 0 saturated heterocycles. The fraction of sp³-hybridized carbons (Fsp3) is 0. The molecule has 1 amide bonds. The highest BCUT2D eigenvalue weighted by molar-refractivity contribution is 9.10. The van der Waals surface area contributed by atoms with E-state index >= 15 is 0 Å². The number of aromatic amines is 1. The van der Waals surface area contributed by atoms with Gasteiger partial charge in [-0.1, -0.05) is 15.9 Å². The molecule has 0 radical (unpaired) electrons. The number of halogens is 1. The molecule has 66 valence electrons. The molecule has 0 saturated carbocycles. The zero-order valence-corrected chi connectivity index (χ0v) is 8.26. The molecule has 0 aliphatic heterocycles. The number of benzene rings is 1. The average Bonchev–Trinajstić information content (AvgIpc) is 2.49. The number of carbonyl (C=O) groups excluding carboxylic acids is 1. The first-order chi connectivity index (χ1) is 6.18. The summed E-state index contributed by atoms with van der Waals surface area (Å²) in [7, 11) is 0. The van der Waals surface area contributed by atoms with Crippen LogP contribution in [-0.2, 0) is 0 Å². The highest BCUT2D eigenvalue weighted by Gasteiger charge is 2.07. The minimum atomic E-state index is -0.411. The summed E-state index contributed by atoms with van der Waals surface area (Å²) in [5, 5.41) is 0.857. The third-order valence-electron chi connectivity index (χ3n) is 1.90. The maximum absolute atomic E-state index is 11.1. The second-order valence-electron chi connectivity index (χ2n) is 2.76. The Morgan fingerprint density at radius 3 is 2.92 bits per heavy atom. The number of hydrogen-bond donors (Lipinski definition) is 2. The van der Waals surface area contributed by atoms with Gasteiger partial charge in [-0.15, -0.1) is 0 Å². The summed E-state index contributed by atoms with van der Waals surface area (Å²) in [5.41, 5.74) is 6.67. The van der Waals surface area contributed by atoms with Crippen LogP contribution in [0.2, 0.25) is 0 Å². The van der Waals surface area contributed by atoms with Gasteiger partial charge in [-0.2, -0.15) is 0 Å². The number of H-pyrrole nitrogens is 1. The van der Waals surface area contributed by atoms with E-state index < -0.39 is 5.91 Å². The molecule has 0 aliphatic rings. The minimum Gasteiger partial charge on any atom is -0.366 e. The molecular formula is C9H7BrN2O. The number of nitrogens with two attached hydrogens (primary N) is 1. The van der Waals surface area contributed by atoms with E-state index in [0.29, 0.717) is 5.56 Å². The van der Waals surface area contributed by atoms with Gasteiger partial charge in [0.1, 0.15) is 0 Å². The number of primary amides is 1. The highest BCUT2D eigenvalue weighted by atomic mass is 79.9. The Balaban J connectivity index is 2.84. The van der Waals surface area contributed by atoms with Crippen LogP contribution in [0.3, 0.4) is 0 Å². The Morgan fingerprint density at radius 1 is 1.46 bits per heavy atom. The Morgan fingerprint density at radius 2 is 2.23 bits per heavy atom. The summed E-state index contributed by atoms with van der Waals surface area (Å²) in [4.78, 5) is 14.1. The van der Waals surface area contributed by atoms with Crippen molar-refractivity contribution in [2.45, 2.75) is 0 Å². The summed E-state index contributed by atoms with van der Waals surface area (Å²) < 4.78 is 0.844. The SMILES string of the molecule is NC(=O)c1cc(Br)cc2[nH]ccc12. The molecule has 0 aliphatic carbocycles. The van der Waals surface area contributed by atoms with Crippen molar-refractivity contribution in [1.82, 2.24) is 4.98 Å². The second-order valence-corrected chi connectivity index (χ2v) is 3.67. The molecule has 13 heavy (non-hydrogen) atoms. The molecule has 2 aromatic rings. The molecule has 3 N–H and O–H groups in total. The van der Waals surface area contributed by atoms with Crippen LogP contribution in [-0.4, -0.2) is 10.9 Å². The van der Waals surface area contributed by atoms with Gasteiger partial charge in [0, 0.05) is 27.1 Å². The van der Waals surface area contributed by atoms with Crippen molar-refractivity contribution in [2.24, 2.45) is 5.73 Å². The van der Waals surface area contributed by atoms with Crippen molar-refractivity contribution in [2.75, 3.05) is 0 Å². The van der Waals surface area contributed by atoms with Crippen LogP contribution in [0.1, 0.15) is 10.4 Å². The molecule has 0 fully saturated rings. The Kier molecular flexibility index (Phi) is 1.84. The van der Waals surface area contributed by atoms with Gasteiger partial charge in [0.15, 0.2) is 0 Å². The zero-order valence-electron chi connectivity index (χ0n) is 6.67. The number of nitrogens with one attached hydrogen (secondary N) is 1. The van der Waals surface area contributed by atoms with E-state index in [1.165, 1.54) is 0 Å². The second kappa shape index (κ2) is 2.88. The predicted molar refractivity (Wildman–Crippen MR) is 54.5 cm³/mol. The van der Waals surface area contributed by atoms with E-state index in [1.54, 1.807) is 12.3 Å². The number of amides is 1. The van der Waals surface area contributed by atoms with Gasteiger partial charge in [0.25, 0.3) is 0 Å². The van der Waals surface area contributed by atoms with E-state index in [9.17, 15) is 4.79 Å². The first-order valence-corrected chi connectivity index (χ1v) is 4.54. The zero-order chi connectivity index (χ0) is 9.42. The lowest BCUT2D eigenvalue weighted by Gasteiger charge is -1.99. The third kappa shape index (κ3) is 1.33. The van der Waals surface area contributed by atoms with Gasteiger partial charge < -0.3 is 10.7 Å². The maximum atomic E-state index is 11.1. The van der Waals surface area contributed by atoms with Crippen LogP contribution in [0.15, 0.2) is 28.9 Å². The predicted octanol–water partition coefficient (Wildman–Crippen LogP) is 2.03. The van der Waals surface area contributed by atoms with Crippen LogP contribution in [0.5, 0.6) is 0 Å². The maximum Gasteiger partial charge on any atom is 0.249 e. The lowest BCUT2D eigenvalue weighted by atomic mass is 10.1. The summed E-state index contributed by atoms with van der Waals surface area (Å²) in [6.45, 7) is 0. The van der Waals surface area contributed by atoms with Crippen LogP contribution in [0, 0.1) is 0 Å². The monoisotopic (exact) mass is 238 g/mol. The van der Waals surface area contributed by atoms with Crippen molar-refractivity contribution in [1.29, 1.82) is 0 Å². The first kappa shape index (κ1) is 8.31. The smallest absolute Gasteiger partial charge is 0.249 e. The van der Waals surface area contributed by atoms with E-state index in [1.807, 2.05) is 12.1 Å². The third-order valence-corrected chi connectivity index (χ3v) is 2.36. The van der Waals surface area contributed by atoms with Crippen molar-refractivity contribution in [3.8, 4) is 0 Å². The molecule has 2 rings (SSSR count). The molecule has 3 nitrogen and oxygen atoms in total. The summed E-state index contributed by atoms with van der Waals surface area (Å²) in [6, 6.07) is 5.46. The van der Waals surface area contributed by atoms with E-state index in [0.717, 1.165) is 15.4 Å². The van der Waals surface area contributed by atoms with Crippen molar-refractivity contribution in [3.05, 3.63) is 34.4 Å². The molecule has 0 spiro atoms. The van der Waals surface area contributed by atoms with Crippen LogP contribution < -0.4 is 5.73 Å². The molecule has 0 bridgehead atoms. The summed E-state index contributed by atoms with van der Waals surface area (Å²) in [5.74, 6) is -0.411. The quantitative estimate of drug-likeness (QED) is 0.785. The van der Waals surface area contributed by atoms with Gasteiger partial charge >= 0.3 is 0 Å². The number of hydrogen-bond acceptors (Lipinski definition) is 1. The summed E-state index contributed by atoms with van der Waals surface area (Å²) >= 11 is 3.31. The van der Waals surface area contributed by atoms with E-state index in [-0.39, 0.29) is 0 Å². The Bertz CT molecular complexity index is 475. The molecule has 0 unspecified atom stereocenters. The highest BCUT2D eigenvalue weighted by Crippen LogP contribution is 2.22. The molecule has 4 heteroatoms. The minimum absolute atomic E-state index is 0.411. The molecule has 0 atom stereocenters. The lowest BCUT2D eigenvalue weighted by Crippen LogP contribution is -2.11. The topological polar surface area (TPSA) is 58.9 Å². The molecule has 1 aromatic heterocycles. The standard InChI is InChI=1S/C9H7BrN2O/c10-5-3-7(9(11)13)6-1-2-12-8(6)4-5/h1-4,12H,(H2,11,13). The average molecular weight is 239 g/mol. The van der Waals surface area contributed by atoms with Crippen LogP contribution >= 0.6 is 15.9 Å². The fourth-order valence-corrected chi connectivity index (χ4v) is 1.79. The number of fused-ring (bicyclic) bond motifs is 1. The molecule has 1 aromatic carbocycles. The van der Waals surface area contributed by atoms with Gasteiger partial charge in [0.2, 0.25) is 5.91 Å². The lowest BCUT2D eigenvalue weighted by molar-refractivity contribution is 0.100. The normalized spacial score (nSPS) is 10.5. The van der Waals surface area contributed by atoms with Gasteiger partial charge in [0.05, 0.1) is 0 Å². The summed E-state index contributed by atoms with van der Waals surface area (Å²) in [6.07, 6.45) is 1.78. The largest absolute Gasteiger partial charge is 0.366 e. The van der Waals surface area contributed by atoms with E-state index in [4.69, 9.17) is 5.73 Å². The van der Waals surface area contributed by atoms with Crippen molar-refractivity contribution >= 4 is 32.7 Å². The van der Waals surface area contributed by atoms with Gasteiger partial charge in [-0.05, 0) is 18.2 Å². The van der Waals surface area contributed by atoms with E-state index in [2.05, 4.69) is 20.9 Å². The van der Waals surface area contributed by atoms with Crippen LogP contribution in [0.4, 0.5) is 0 Å². The van der Waals surface area contributed by atoms with Crippen molar-refractivity contribution < 1.29 is 4.79 Å².